The zero-order valence-corrected chi connectivity index (χ0v) is 11.1. The van der Waals surface area contributed by atoms with Gasteiger partial charge in [-0.15, -0.1) is 0 Å². The number of amidine groups is 1. The van der Waals surface area contributed by atoms with Crippen LogP contribution in [0.2, 0.25) is 0 Å². The van der Waals surface area contributed by atoms with Gasteiger partial charge in [-0.2, -0.15) is 0 Å². The predicted molar refractivity (Wildman–Crippen MR) is 69.6 cm³/mol. The summed E-state index contributed by atoms with van der Waals surface area (Å²) in [6.45, 7) is 0.552. The number of carbonyl (C=O) groups is 2. The maximum atomic E-state index is 11.3. The van der Waals surface area contributed by atoms with Crippen molar-refractivity contribution in [1.82, 2.24) is 10.6 Å². The van der Waals surface area contributed by atoms with E-state index in [1.807, 2.05) is 0 Å². The molecule has 2 aliphatic heterocycles. The standard InChI is InChI=1S/C11H17N3O3S/c1-12-3-8-6(4-15)7(5-16)9-10(17-8)18-11(13-2)14-9/h4-10,12H,3H2,1-2H3,(H,13,14)/t6-,7+,8-,9+,10+/m0/s1. The van der Waals surface area contributed by atoms with Gasteiger partial charge >= 0.3 is 0 Å². The molecule has 2 heterocycles. The van der Waals surface area contributed by atoms with Crippen molar-refractivity contribution in [2.24, 2.45) is 16.8 Å². The molecule has 2 rings (SSSR count). The van der Waals surface area contributed by atoms with E-state index in [2.05, 4.69) is 15.6 Å². The maximum absolute atomic E-state index is 11.3. The number of nitrogens with one attached hydrogen (secondary N) is 2. The SMILES string of the molecule is CN=C1N[C@@H]2[C@H](C=O)[C@H](C=O)[C@H](CNC)O[C@@H]2S1. The largest absolute Gasteiger partial charge is 0.360 e. The number of fused-ring (bicyclic) bond motifs is 1. The van der Waals surface area contributed by atoms with Crippen molar-refractivity contribution >= 4 is 29.5 Å². The van der Waals surface area contributed by atoms with Gasteiger partial charge in [-0.1, -0.05) is 11.8 Å². The molecule has 18 heavy (non-hydrogen) atoms. The number of likely N-dealkylation sites (N-methyl/N-ethyl adjacent to an activating group) is 1. The number of rotatable bonds is 4. The van der Waals surface area contributed by atoms with Crippen LogP contribution in [0.25, 0.3) is 0 Å². The molecule has 2 N–H and O–H groups in total. The quantitative estimate of drug-likeness (QED) is 0.655. The third-order valence-corrected chi connectivity index (χ3v) is 4.49. The number of thioether (sulfide) groups is 1. The van der Waals surface area contributed by atoms with Crippen LogP contribution in [0.4, 0.5) is 0 Å². The second-order valence-electron chi connectivity index (χ2n) is 4.34. The van der Waals surface area contributed by atoms with E-state index >= 15 is 0 Å². The summed E-state index contributed by atoms with van der Waals surface area (Å²) in [4.78, 5) is 26.6. The van der Waals surface area contributed by atoms with Crippen LogP contribution in [0.15, 0.2) is 4.99 Å². The molecule has 0 aromatic carbocycles. The summed E-state index contributed by atoms with van der Waals surface area (Å²) in [7, 11) is 3.48. The average molecular weight is 271 g/mol. The van der Waals surface area contributed by atoms with Crippen LogP contribution in [-0.4, -0.2) is 56.0 Å². The van der Waals surface area contributed by atoms with Crippen LogP contribution >= 0.6 is 11.8 Å². The molecule has 0 amide bonds. The Bertz CT molecular complexity index is 363. The molecule has 0 bridgehead atoms. The molecule has 0 radical (unpaired) electrons. The number of aliphatic imine (C=N–C) groups is 1. The second kappa shape index (κ2) is 5.81. The Morgan fingerprint density at radius 3 is 2.72 bits per heavy atom. The number of nitrogens with zero attached hydrogens (tertiary/aromatic N) is 1. The number of hydrogen-bond donors (Lipinski definition) is 2. The predicted octanol–water partition coefficient (Wildman–Crippen LogP) is -0.748. The van der Waals surface area contributed by atoms with E-state index in [1.54, 1.807) is 14.1 Å². The van der Waals surface area contributed by atoms with Crippen LogP contribution < -0.4 is 10.6 Å². The fourth-order valence-electron chi connectivity index (χ4n) is 2.42. The lowest BCUT2D eigenvalue weighted by atomic mass is 9.82. The summed E-state index contributed by atoms with van der Waals surface area (Å²) in [6, 6.07) is -0.172. The van der Waals surface area contributed by atoms with Crippen LogP contribution in [0.1, 0.15) is 0 Å². The van der Waals surface area contributed by atoms with E-state index < -0.39 is 5.92 Å². The molecule has 0 spiro atoms. The second-order valence-corrected chi connectivity index (χ2v) is 5.43. The highest BCUT2D eigenvalue weighted by atomic mass is 32.2. The molecule has 0 aromatic rings. The first-order valence-corrected chi connectivity index (χ1v) is 6.73. The Kier molecular flexibility index (Phi) is 4.36. The number of carbonyl (C=O) groups excluding carboxylic acids is 2. The molecule has 2 fully saturated rings. The summed E-state index contributed by atoms with van der Waals surface area (Å²) in [5.74, 6) is -0.785. The van der Waals surface area contributed by atoms with E-state index in [0.717, 1.165) is 17.7 Å². The summed E-state index contributed by atoms with van der Waals surface area (Å²) < 4.78 is 5.89. The topological polar surface area (TPSA) is 79.8 Å². The zero-order valence-electron chi connectivity index (χ0n) is 10.3. The van der Waals surface area contributed by atoms with Gasteiger partial charge in [-0.05, 0) is 7.05 Å². The molecule has 6 nitrogen and oxygen atoms in total. The molecule has 7 heteroatoms. The van der Waals surface area contributed by atoms with Crippen molar-refractivity contribution in [2.45, 2.75) is 17.6 Å². The molecular formula is C11H17N3O3S. The van der Waals surface area contributed by atoms with Gasteiger partial charge in [-0.25, -0.2) is 0 Å². The van der Waals surface area contributed by atoms with Gasteiger partial charge in [0.25, 0.3) is 0 Å². The zero-order chi connectivity index (χ0) is 13.1. The highest BCUT2D eigenvalue weighted by Gasteiger charge is 2.49. The lowest BCUT2D eigenvalue weighted by Crippen LogP contribution is -2.55. The normalized spacial score (nSPS) is 41.2. The van der Waals surface area contributed by atoms with E-state index in [1.165, 1.54) is 11.8 Å². The molecular weight excluding hydrogens is 254 g/mol. The van der Waals surface area contributed by atoms with Crippen LogP contribution in [0.3, 0.4) is 0 Å². The minimum Gasteiger partial charge on any atom is -0.360 e. The van der Waals surface area contributed by atoms with Gasteiger partial charge in [0.05, 0.1) is 24.0 Å². The third-order valence-electron chi connectivity index (χ3n) is 3.33. The highest BCUT2D eigenvalue weighted by molar-refractivity contribution is 8.14. The van der Waals surface area contributed by atoms with Crippen LogP contribution in [0.5, 0.6) is 0 Å². The average Bonchev–Trinajstić information content (AvgIpc) is 2.80. The lowest BCUT2D eigenvalue weighted by Gasteiger charge is -2.39. The van der Waals surface area contributed by atoms with E-state index in [4.69, 9.17) is 4.74 Å². The van der Waals surface area contributed by atoms with Gasteiger partial charge in [0.1, 0.15) is 18.0 Å². The Morgan fingerprint density at radius 1 is 1.44 bits per heavy atom. The first-order valence-electron chi connectivity index (χ1n) is 5.85. The Morgan fingerprint density at radius 2 is 2.17 bits per heavy atom. The maximum Gasteiger partial charge on any atom is 0.159 e. The van der Waals surface area contributed by atoms with E-state index in [-0.39, 0.29) is 23.5 Å². The van der Waals surface area contributed by atoms with Crippen molar-refractivity contribution < 1.29 is 14.3 Å². The third kappa shape index (κ3) is 2.30. The van der Waals surface area contributed by atoms with Crippen molar-refractivity contribution in [2.75, 3.05) is 20.6 Å². The van der Waals surface area contributed by atoms with E-state index in [0.29, 0.717) is 6.54 Å². The van der Waals surface area contributed by atoms with Crippen molar-refractivity contribution in [3.63, 3.8) is 0 Å². The minimum atomic E-state index is -0.416. The monoisotopic (exact) mass is 271 g/mol. The minimum absolute atomic E-state index is 0.159. The number of aldehydes is 2. The summed E-state index contributed by atoms with van der Waals surface area (Å²) in [5.41, 5.74) is -0.159. The van der Waals surface area contributed by atoms with Gasteiger partial charge < -0.3 is 25.0 Å². The first kappa shape index (κ1) is 13.5. The van der Waals surface area contributed by atoms with Gasteiger partial charge in [0, 0.05) is 13.6 Å². The molecule has 0 saturated carbocycles. The number of ether oxygens (including phenoxy) is 1. The first-order chi connectivity index (χ1) is 8.74. The summed E-state index contributed by atoms with van der Waals surface area (Å²) >= 11 is 1.47. The molecule has 0 aromatic heterocycles. The molecule has 100 valence electrons. The van der Waals surface area contributed by atoms with Gasteiger partial charge in [0.15, 0.2) is 5.17 Å². The fourth-order valence-corrected chi connectivity index (χ4v) is 3.55. The van der Waals surface area contributed by atoms with Crippen molar-refractivity contribution in [3.05, 3.63) is 0 Å². The molecule has 2 saturated heterocycles. The summed E-state index contributed by atoms with van der Waals surface area (Å²) in [5, 5.41) is 6.90. The summed E-state index contributed by atoms with van der Waals surface area (Å²) in [6.07, 6.45) is 1.41. The molecule has 2 aliphatic rings. The Labute approximate surface area is 110 Å². The Hall–Kier alpha value is -0.920. The van der Waals surface area contributed by atoms with Crippen LogP contribution in [0, 0.1) is 11.8 Å². The lowest BCUT2D eigenvalue weighted by molar-refractivity contribution is -0.137. The van der Waals surface area contributed by atoms with Crippen molar-refractivity contribution in [3.8, 4) is 0 Å². The smallest absolute Gasteiger partial charge is 0.159 e. The highest BCUT2D eigenvalue weighted by Crippen LogP contribution is 2.38. The van der Waals surface area contributed by atoms with Gasteiger partial charge in [-0.3, -0.25) is 4.99 Å². The van der Waals surface area contributed by atoms with E-state index in [9.17, 15) is 9.59 Å². The van der Waals surface area contributed by atoms with Crippen LogP contribution in [-0.2, 0) is 14.3 Å². The molecule has 0 aliphatic carbocycles. The number of hydrogen-bond acceptors (Lipinski definition) is 6. The fraction of sp³-hybridized carbons (Fsp3) is 0.727. The van der Waals surface area contributed by atoms with Crippen molar-refractivity contribution in [1.29, 1.82) is 0 Å². The molecule has 0 unspecified atom stereocenters. The molecule has 5 atom stereocenters. The van der Waals surface area contributed by atoms with Gasteiger partial charge in [0.2, 0.25) is 0 Å². The Balaban J connectivity index is 2.22.